The summed E-state index contributed by atoms with van der Waals surface area (Å²) in [5.74, 6) is -2.40. The number of allylic oxidation sites excluding steroid dienone is 6. The number of carbonyl (C=O) groups is 3. The Morgan fingerprint density at radius 3 is 1.62 bits per heavy atom. The quantitative estimate of drug-likeness (QED) is 0.0238. The van der Waals surface area contributed by atoms with E-state index in [0.29, 0.717) is 12.8 Å². The highest BCUT2D eigenvalue weighted by Crippen LogP contribution is 2.43. The molecule has 302 valence electrons. The molecule has 0 aromatic carbocycles. The Morgan fingerprint density at radius 1 is 0.615 bits per heavy atom. The Hall–Kier alpha value is -2.30. The van der Waals surface area contributed by atoms with Crippen LogP contribution in [0, 0.1) is 0 Å². The molecular formula is C40H72NO10P. The summed E-state index contributed by atoms with van der Waals surface area (Å²) < 4.78 is 32.6. The van der Waals surface area contributed by atoms with Gasteiger partial charge in [-0.1, -0.05) is 147 Å². The topological polar surface area (TPSA) is 172 Å². The number of hydrogen-bond acceptors (Lipinski definition) is 9. The lowest BCUT2D eigenvalue weighted by Gasteiger charge is -2.20. The number of carbonyl (C=O) groups excluding carboxylic acids is 2. The van der Waals surface area contributed by atoms with Gasteiger partial charge in [-0.05, 0) is 44.9 Å². The van der Waals surface area contributed by atoms with Crippen LogP contribution >= 0.6 is 7.82 Å². The molecule has 11 nitrogen and oxygen atoms in total. The van der Waals surface area contributed by atoms with Gasteiger partial charge in [-0.3, -0.25) is 23.4 Å². The lowest BCUT2D eigenvalue weighted by Crippen LogP contribution is -2.34. The summed E-state index contributed by atoms with van der Waals surface area (Å²) in [7, 11) is -4.71. The normalized spacial score (nSPS) is 14.2. The van der Waals surface area contributed by atoms with Gasteiger partial charge >= 0.3 is 25.7 Å². The minimum absolute atomic E-state index is 0.159. The van der Waals surface area contributed by atoms with Crippen molar-refractivity contribution >= 4 is 25.7 Å². The number of aliphatic carboxylic acids is 1. The number of hydrogen-bond donors (Lipinski definition) is 3. The fourth-order valence-electron chi connectivity index (χ4n) is 5.25. The third kappa shape index (κ3) is 34.8. The molecule has 0 aromatic heterocycles. The first-order valence-electron chi connectivity index (χ1n) is 20.0. The van der Waals surface area contributed by atoms with Crippen molar-refractivity contribution in [1.29, 1.82) is 0 Å². The minimum Gasteiger partial charge on any atom is -0.480 e. The number of carboxylic acids is 1. The van der Waals surface area contributed by atoms with Crippen molar-refractivity contribution in [1.82, 2.24) is 0 Å². The van der Waals surface area contributed by atoms with E-state index in [-0.39, 0.29) is 19.4 Å². The average Bonchev–Trinajstić information content (AvgIpc) is 3.12. The van der Waals surface area contributed by atoms with Gasteiger partial charge in [-0.2, -0.15) is 0 Å². The van der Waals surface area contributed by atoms with Gasteiger partial charge in [0.25, 0.3) is 0 Å². The monoisotopic (exact) mass is 757 g/mol. The van der Waals surface area contributed by atoms with Crippen LogP contribution in [-0.2, 0) is 37.5 Å². The summed E-state index contributed by atoms with van der Waals surface area (Å²) in [6.45, 7) is 2.66. The fourth-order valence-corrected chi connectivity index (χ4v) is 6.03. The van der Waals surface area contributed by atoms with Gasteiger partial charge in [0.05, 0.1) is 13.2 Å². The van der Waals surface area contributed by atoms with Gasteiger partial charge in [-0.15, -0.1) is 0 Å². The molecule has 0 aromatic rings. The summed E-state index contributed by atoms with van der Waals surface area (Å²) in [6, 6.07) is -1.52. The van der Waals surface area contributed by atoms with Gasteiger partial charge in [0.1, 0.15) is 12.6 Å². The number of phosphoric ester groups is 1. The molecule has 0 aliphatic rings. The first-order chi connectivity index (χ1) is 25.1. The zero-order valence-electron chi connectivity index (χ0n) is 32.4. The zero-order chi connectivity index (χ0) is 38.5. The Morgan fingerprint density at radius 2 is 1.08 bits per heavy atom. The number of nitrogens with two attached hydrogens (primary N) is 1. The predicted molar refractivity (Wildman–Crippen MR) is 208 cm³/mol. The van der Waals surface area contributed by atoms with Gasteiger partial charge in [-0.25, -0.2) is 4.57 Å². The molecule has 0 amide bonds. The van der Waals surface area contributed by atoms with Gasteiger partial charge in [0.15, 0.2) is 6.10 Å². The molecule has 0 spiro atoms. The van der Waals surface area contributed by atoms with Crippen LogP contribution in [0.2, 0.25) is 0 Å². The molecule has 1 unspecified atom stereocenters. The molecule has 0 heterocycles. The van der Waals surface area contributed by atoms with Crippen molar-refractivity contribution in [3.05, 3.63) is 36.5 Å². The first-order valence-corrected chi connectivity index (χ1v) is 21.5. The lowest BCUT2D eigenvalue weighted by atomic mass is 10.0. The van der Waals surface area contributed by atoms with Crippen LogP contribution < -0.4 is 5.73 Å². The molecule has 12 heteroatoms. The molecule has 3 atom stereocenters. The predicted octanol–water partition coefficient (Wildman–Crippen LogP) is 10.1. The van der Waals surface area contributed by atoms with Crippen LogP contribution in [0.1, 0.15) is 168 Å². The van der Waals surface area contributed by atoms with Crippen LogP contribution in [0.15, 0.2) is 36.5 Å². The Bertz CT molecular complexity index is 1030. The Balaban J connectivity index is 4.43. The van der Waals surface area contributed by atoms with Crippen LogP contribution in [0.5, 0.6) is 0 Å². The maximum absolute atomic E-state index is 12.6. The molecule has 0 aliphatic heterocycles. The molecule has 0 saturated heterocycles. The molecular weight excluding hydrogens is 685 g/mol. The van der Waals surface area contributed by atoms with Crippen molar-refractivity contribution in [2.45, 2.75) is 180 Å². The van der Waals surface area contributed by atoms with E-state index < -0.39 is 51.1 Å². The molecule has 52 heavy (non-hydrogen) atoms. The van der Waals surface area contributed by atoms with Gasteiger partial charge < -0.3 is 25.2 Å². The van der Waals surface area contributed by atoms with Crippen molar-refractivity contribution in [2.75, 3.05) is 19.8 Å². The maximum Gasteiger partial charge on any atom is 0.472 e. The number of unbranched alkanes of at least 4 members (excludes halogenated alkanes) is 17. The number of carboxylic acid groups (broad SMARTS) is 1. The fraction of sp³-hybridized carbons (Fsp3) is 0.775. The van der Waals surface area contributed by atoms with Crippen LogP contribution in [0.3, 0.4) is 0 Å². The second-order valence-corrected chi connectivity index (χ2v) is 14.8. The van der Waals surface area contributed by atoms with Crippen molar-refractivity contribution < 1.29 is 47.5 Å². The van der Waals surface area contributed by atoms with E-state index in [1.165, 1.54) is 57.8 Å². The summed E-state index contributed by atoms with van der Waals surface area (Å²) in [5, 5.41) is 8.87. The van der Waals surface area contributed by atoms with E-state index in [1.54, 1.807) is 0 Å². The van der Waals surface area contributed by atoms with E-state index in [1.807, 2.05) is 0 Å². The summed E-state index contributed by atoms with van der Waals surface area (Å²) in [4.78, 5) is 45.8. The largest absolute Gasteiger partial charge is 0.480 e. The first kappa shape index (κ1) is 49.7. The van der Waals surface area contributed by atoms with Crippen molar-refractivity contribution in [2.24, 2.45) is 5.73 Å². The third-order valence-corrected chi connectivity index (χ3v) is 9.35. The third-order valence-electron chi connectivity index (χ3n) is 8.40. The second kappa shape index (κ2) is 35.7. The van der Waals surface area contributed by atoms with Crippen LogP contribution in [-0.4, -0.2) is 59.9 Å². The molecule has 0 aliphatic carbocycles. The maximum atomic E-state index is 12.6. The zero-order valence-corrected chi connectivity index (χ0v) is 33.3. The standard InChI is InChI=1S/C40H72NO10P/c1-3-5-7-9-11-13-15-17-18-20-21-23-25-27-29-31-38(42)48-33-36(34-49-52(46,47)50-35-37(41)40(44)45)51-39(43)32-30-28-26-24-22-19-16-14-12-10-8-6-4-2/h5,7,11,13,17-18,36-37H,3-4,6,8-10,12,14-16,19-35,41H2,1-2H3,(H,44,45)(H,46,47)/b7-5+,13-11+,18-17+/t36-,37+/m1/s1. The van der Waals surface area contributed by atoms with Gasteiger partial charge in [0, 0.05) is 12.8 Å². The molecule has 0 saturated carbocycles. The average molecular weight is 758 g/mol. The number of ether oxygens (including phenoxy) is 2. The summed E-state index contributed by atoms with van der Waals surface area (Å²) in [5.41, 5.74) is 5.32. The molecule has 0 rings (SSSR count). The highest BCUT2D eigenvalue weighted by molar-refractivity contribution is 7.47. The van der Waals surface area contributed by atoms with Crippen molar-refractivity contribution in [3.8, 4) is 0 Å². The Labute approximate surface area is 314 Å². The highest BCUT2D eigenvalue weighted by atomic mass is 31.2. The van der Waals surface area contributed by atoms with E-state index in [0.717, 1.165) is 70.6 Å². The highest BCUT2D eigenvalue weighted by Gasteiger charge is 2.28. The SMILES string of the molecule is CC/C=C/C/C=C/C/C=C/CCCCCCCC(=O)OC[C@H](COP(=O)(O)OC[C@H](N)C(=O)O)OC(=O)CCCCCCCCCCCCCCC. The number of phosphoric acid groups is 1. The number of esters is 2. The minimum atomic E-state index is -4.71. The molecule has 0 fully saturated rings. The van der Waals surface area contributed by atoms with E-state index in [4.69, 9.17) is 24.8 Å². The van der Waals surface area contributed by atoms with Crippen LogP contribution in [0.25, 0.3) is 0 Å². The van der Waals surface area contributed by atoms with Gasteiger partial charge in [0.2, 0.25) is 0 Å². The summed E-state index contributed by atoms with van der Waals surface area (Å²) in [6.07, 6.45) is 36.4. The Kier molecular flexibility index (Phi) is 34.1. The van der Waals surface area contributed by atoms with Crippen molar-refractivity contribution in [3.63, 3.8) is 0 Å². The van der Waals surface area contributed by atoms with E-state index >= 15 is 0 Å². The van der Waals surface area contributed by atoms with Crippen LogP contribution in [0.4, 0.5) is 0 Å². The lowest BCUT2D eigenvalue weighted by molar-refractivity contribution is -0.161. The second-order valence-electron chi connectivity index (χ2n) is 13.4. The smallest absolute Gasteiger partial charge is 0.472 e. The van der Waals surface area contributed by atoms with E-state index in [2.05, 4.69) is 54.8 Å². The molecule has 4 N–H and O–H groups in total. The molecule has 0 radical (unpaired) electrons. The molecule has 0 bridgehead atoms. The van der Waals surface area contributed by atoms with E-state index in [9.17, 15) is 23.8 Å². The number of rotatable bonds is 37. The summed E-state index contributed by atoms with van der Waals surface area (Å²) >= 11 is 0.